The average Bonchev–Trinajstić information content (AvgIpc) is 1.97. The molecule has 0 spiro atoms. The number of unbranched alkanes of at least 4 members (excludes halogenated alkanes) is 1. The molecule has 0 aromatic rings. The Morgan fingerprint density at radius 1 is 1.64 bits per heavy atom. The van der Waals surface area contributed by atoms with Gasteiger partial charge >= 0.3 is 5.97 Å². The third kappa shape index (κ3) is 5.58. The molecule has 0 heterocycles. The van der Waals surface area contributed by atoms with Crippen molar-refractivity contribution in [3.05, 3.63) is 0 Å². The second-order valence-electron chi connectivity index (χ2n) is 2.64. The first-order valence-corrected chi connectivity index (χ1v) is 3.87. The van der Waals surface area contributed by atoms with Crippen LogP contribution >= 0.6 is 0 Å². The zero-order valence-electron chi connectivity index (χ0n) is 6.75. The van der Waals surface area contributed by atoms with Gasteiger partial charge in [-0.25, -0.2) is 0 Å². The van der Waals surface area contributed by atoms with Gasteiger partial charge in [0.05, 0.1) is 6.42 Å². The van der Waals surface area contributed by atoms with E-state index in [2.05, 4.69) is 0 Å². The number of carbonyl (C=O) groups excluding carboxylic acids is 1. The summed E-state index contributed by atoms with van der Waals surface area (Å²) in [6, 6.07) is 0. The van der Waals surface area contributed by atoms with Crippen LogP contribution in [-0.2, 0) is 9.59 Å². The van der Waals surface area contributed by atoms with E-state index in [0.717, 1.165) is 19.1 Å². The zero-order valence-corrected chi connectivity index (χ0v) is 6.75. The summed E-state index contributed by atoms with van der Waals surface area (Å²) in [6.45, 7) is 2.02. The lowest BCUT2D eigenvalue weighted by molar-refractivity contribution is -0.139. The van der Waals surface area contributed by atoms with E-state index in [-0.39, 0.29) is 12.3 Å². The van der Waals surface area contributed by atoms with Crippen molar-refractivity contribution >= 4 is 12.3 Å². The average molecular weight is 158 g/mol. The monoisotopic (exact) mass is 158 g/mol. The highest BCUT2D eigenvalue weighted by Gasteiger charge is 2.10. The number of carboxylic acids is 1. The van der Waals surface area contributed by atoms with E-state index in [9.17, 15) is 9.59 Å². The predicted octanol–water partition coefficient (Wildman–Crippen LogP) is 1.47. The van der Waals surface area contributed by atoms with E-state index in [0.29, 0.717) is 6.42 Å². The number of aldehydes is 1. The van der Waals surface area contributed by atoms with Crippen molar-refractivity contribution in [2.45, 2.75) is 32.6 Å². The molecule has 3 heteroatoms. The van der Waals surface area contributed by atoms with Crippen molar-refractivity contribution < 1.29 is 14.7 Å². The van der Waals surface area contributed by atoms with Crippen LogP contribution < -0.4 is 0 Å². The van der Waals surface area contributed by atoms with Crippen LogP contribution in [0, 0.1) is 5.92 Å². The maximum absolute atomic E-state index is 10.3. The molecule has 0 saturated carbocycles. The third-order valence-corrected chi connectivity index (χ3v) is 1.56. The van der Waals surface area contributed by atoms with Crippen LogP contribution in [0.5, 0.6) is 0 Å². The fraction of sp³-hybridized carbons (Fsp3) is 0.750. The lowest BCUT2D eigenvalue weighted by Crippen LogP contribution is -2.08. The van der Waals surface area contributed by atoms with E-state index >= 15 is 0 Å². The lowest BCUT2D eigenvalue weighted by Gasteiger charge is -2.04. The Bertz CT molecular complexity index is 131. The molecule has 0 radical (unpaired) electrons. The summed E-state index contributed by atoms with van der Waals surface area (Å²) >= 11 is 0. The van der Waals surface area contributed by atoms with Gasteiger partial charge in [0.25, 0.3) is 0 Å². The first kappa shape index (κ1) is 10.1. The van der Waals surface area contributed by atoms with E-state index in [1.807, 2.05) is 6.92 Å². The SMILES string of the molecule is CCCCC(C=O)CC(=O)O. The van der Waals surface area contributed by atoms with E-state index in [1.165, 1.54) is 0 Å². The first-order valence-electron chi connectivity index (χ1n) is 3.87. The zero-order chi connectivity index (χ0) is 8.69. The summed E-state index contributed by atoms with van der Waals surface area (Å²) in [5.74, 6) is -1.18. The molecule has 3 nitrogen and oxygen atoms in total. The standard InChI is InChI=1S/C8H14O3/c1-2-3-4-7(6-9)5-8(10)11/h6-7H,2-5H2,1H3,(H,10,11). The highest BCUT2D eigenvalue weighted by Crippen LogP contribution is 2.09. The number of hydrogen-bond acceptors (Lipinski definition) is 2. The molecule has 0 aliphatic carbocycles. The molecule has 0 aliphatic heterocycles. The Hall–Kier alpha value is -0.860. The summed E-state index contributed by atoms with van der Waals surface area (Å²) in [6.07, 6.45) is 3.35. The molecule has 0 saturated heterocycles. The maximum Gasteiger partial charge on any atom is 0.304 e. The van der Waals surface area contributed by atoms with Gasteiger partial charge in [-0.15, -0.1) is 0 Å². The Morgan fingerprint density at radius 3 is 2.64 bits per heavy atom. The molecule has 1 N–H and O–H groups in total. The number of carbonyl (C=O) groups is 2. The van der Waals surface area contributed by atoms with Gasteiger partial charge in [0.1, 0.15) is 6.29 Å². The quantitative estimate of drug-likeness (QED) is 0.595. The van der Waals surface area contributed by atoms with Crippen LogP contribution in [0.2, 0.25) is 0 Å². The second-order valence-corrected chi connectivity index (χ2v) is 2.64. The van der Waals surface area contributed by atoms with Crippen LogP contribution in [0.25, 0.3) is 0 Å². The minimum Gasteiger partial charge on any atom is -0.481 e. The largest absolute Gasteiger partial charge is 0.481 e. The summed E-state index contributed by atoms with van der Waals surface area (Å²) < 4.78 is 0. The molecule has 0 aliphatic rings. The summed E-state index contributed by atoms with van der Waals surface area (Å²) in [7, 11) is 0. The molecule has 0 aromatic heterocycles. The molecule has 0 bridgehead atoms. The lowest BCUT2D eigenvalue weighted by atomic mass is 10.0. The van der Waals surface area contributed by atoms with Crippen molar-refractivity contribution in [2.75, 3.05) is 0 Å². The van der Waals surface area contributed by atoms with Crippen molar-refractivity contribution in [3.8, 4) is 0 Å². The van der Waals surface area contributed by atoms with Crippen molar-refractivity contribution in [1.29, 1.82) is 0 Å². The van der Waals surface area contributed by atoms with Gasteiger partial charge in [-0.2, -0.15) is 0 Å². The van der Waals surface area contributed by atoms with Gasteiger partial charge in [-0.05, 0) is 6.42 Å². The van der Waals surface area contributed by atoms with Gasteiger partial charge in [0, 0.05) is 5.92 Å². The Kier molecular flexibility index (Phi) is 5.43. The van der Waals surface area contributed by atoms with Crippen molar-refractivity contribution in [2.24, 2.45) is 5.92 Å². The van der Waals surface area contributed by atoms with Crippen molar-refractivity contribution in [1.82, 2.24) is 0 Å². The summed E-state index contributed by atoms with van der Waals surface area (Å²) in [5, 5.41) is 8.36. The van der Waals surface area contributed by atoms with E-state index in [1.54, 1.807) is 0 Å². The van der Waals surface area contributed by atoms with Gasteiger partial charge in [0.2, 0.25) is 0 Å². The highest BCUT2D eigenvalue weighted by molar-refractivity contribution is 5.71. The molecular weight excluding hydrogens is 144 g/mol. The van der Waals surface area contributed by atoms with Crippen LogP contribution in [0.4, 0.5) is 0 Å². The fourth-order valence-electron chi connectivity index (χ4n) is 0.909. The third-order valence-electron chi connectivity index (χ3n) is 1.56. The molecular formula is C8H14O3. The maximum atomic E-state index is 10.3. The molecule has 0 fully saturated rings. The number of carboxylic acid groups (broad SMARTS) is 1. The molecule has 0 rings (SSSR count). The van der Waals surface area contributed by atoms with Gasteiger partial charge in [-0.1, -0.05) is 19.8 Å². The van der Waals surface area contributed by atoms with Gasteiger partial charge < -0.3 is 9.90 Å². The summed E-state index contributed by atoms with van der Waals surface area (Å²) in [5.41, 5.74) is 0. The second kappa shape index (κ2) is 5.89. The molecule has 11 heavy (non-hydrogen) atoms. The van der Waals surface area contributed by atoms with Crippen LogP contribution in [-0.4, -0.2) is 17.4 Å². The number of rotatable bonds is 6. The van der Waals surface area contributed by atoms with E-state index < -0.39 is 5.97 Å². The van der Waals surface area contributed by atoms with Crippen LogP contribution in [0.3, 0.4) is 0 Å². The Morgan fingerprint density at radius 2 is 2.27 bits per heavy atom. The minimum atomic E-state index is -0.891. The molecule has 1 atom stereocenters. The molecule has 0 aromatic carbocycles. The molecule has 64 valence electrons. The molecule has 0 amide bonds. The Balaban J connectivity index is 3.57. The van der Waals surface area contributed by atoms with Crippen LogP contribution in [0.1, 0.15) is 32.6 Å². The van der Waals surface area contributed by atoms with E-state index in [4.69, 9.17) is 5.11 Å². The minimum absolute atomic E-state index is 0.0243. The first-order chi connectivity index (χ1) is 5.20. The van der Waals surface area contributed by atoms with Crippen LogP contribution in [0.15, 0.2) is 0 Å². The molecule has 1 unspecified atom stereocenters. The van der Waals surface area contributed by atoms with Gasteiger partial charge in [0.15, 0.2) is 0 Å². The highest BCUT2D eigenvalue weighted by atomic mass is 16.4. The normalized spacial score (nSPS) is 12.5. The van der Waals surface area contributed by atoms with Gasteiger partial charge in [-0.3, -0.25) is 4.79 Å². The number of aliphatic carboxylic acids is 1. The Labute approximate surface area is 66.4 Å². The topological polar surface area (TPSA) is 54.4 Å². The number of hydrogen-bond donors (Lipinski definition) is 1. The predicted molar refractivity (Wildman–Crippen MR) is 41.3 cm³/mol. The summed E-state index contributed by atoms with van der Waals surface area (Å²) in [4.78, 5) is 20.5. The van der Waals surface area contributed by atoms with Crippen molar-refractivity contribution in [3.63, 3.8) is 0 Å². The smallest absolute Gasteiger partial charge is 0.304 e. The fourth-order valence-corrected chi connectivity index (χ4v) is 0.909.